The van der Waals surface area contributed by atoms with Gasteiger partial charge in [0.2, 0.25) is 0 Å². The fraction of sp³-hybridized carbons (Fsp3) is 0.857. The van der Waals surface area contributed by atoms with Crippen molar-refractivity contribution in [2.24, 2.45) is 5.92 Å². The van der Waals surface area contributed by atoms with Gasteiger partial charge in [0.1, 0.15) is 6.10 Å². The normalized spacial score (nSPS) is 34.7. The molecule has 1 aliphatic heterocycles. The van der Waals surface area contributed by atoms with Crippen molar-refractivity contribution >= 4 is 5.97 Å². The lowest BCUT2D eigenvalue weighted by atomic mass is 10.0. The molecule has 1 fully saturated rings. The second-order valence-corrected chi connectivity index (χ2v) is 2.57. The van der Waals surface area contributed by atoms with Gasteiger partial charge in [0.15, 0.2) is 0 Å². The van der Waals surface area contributed by atoms with Crippen LogP contribution in [0.5, 0.6) is 0 Å². The highest BCUT2D eigenvalue weighted by atomic mass is 16.5. The van der Waals surface area contributed by atoms with Crippen LogP contribution in [0.25, 0.3) is 0 Å². The highest BCUT2D eigenvalue weighted by Crippen LogP contribution is 2.23. The molecule has 0 aliphatic carbocycles. The molecule has 52 valence electrons. The van der Waals surface area contributed by atoms with E-state index in [2.05, 4.69) is 6.92 Å². The van der Waals surface area contributed by atoms with Gasteiger partial charge in [0.05, 0.1) is 6.42 Å². The van der Waals surface area contributed by atoms with Gasteiger partial charge >= 0.3 is 5.97 Å². The van der Waals surface area contributed by atoms with Crippen LogP contribution in [0.2, 0.25) is 0 Å². The van der Waals surface area contributed by atoms with Crippen LogP contribution in [0, 0.1) is 5.92 Å². The van der Waals surface area contributed by atoms with Gasteiger partial charge in [-0.05, 0) is 13.3 Å². The Labute approximate surface area is 55.2 Å². The molecule has 0 radical (unpaired) electrons. The van der Waals surface area contributed by atoms with Gasteiger partial charge in [-0.1, -0.05) is 6.92 Å². The van der Waals surface area contributed by atoms with Gasteiger partial charge in [0.25, 0.3) is 0 Å². The summed E-state index contributed by atoms with van der Waals surface area (Å²) in [6, 6.07) is 0. The van der Waals surface area contributed by atoms with E-state index < -0.39 is 0 Å². The Balaban J connectivity index is 2.47. The molecule has 1 rings (SSSR count). The zero-order chi connectivity index (χ0) is 6.85. The van der Waals surface area contributed by atoms with E-state index in [-0.39, 0.29) is 12.1 Å². The second-order valence-electron chi connectivity index (χ2n) is 2.57. The molecular weight excluding hydrogens is 116 g/mol. The second kappa shape index (κ2) is 2.38. The van der Waals surface area contributed by atoms with Crippen LogP contribution >= 0.6 is 0 Å². The van der Waals surface area contributed by atoms with Gasteiger partial charge < -0.3 is 4.74 Å². The van der Waals surface area contributed by atoms with E-state index in [1.807, 2.05) is 6.92 Å². The lowest BCUT2D eigenvalue weighted by Gasteiger charge is -2.07. The van der Waals surface area contributed by atoms with Crippen molar-refractivity contribution < 1.29 is 9.53 Å². The minimum atomic E-state index is -0.0330. The SMILES string of the molecule is CC[C@H]1CC(=O)O[C@H]1C. The van der Waals surface area contributed by atoms with Crippen LogP contribution in [0.3, 0.4) is 0 Å². The van der Waals surface area contributed by atoms with Crippen LogP contribution in [0.1, 0.15) is 26.7 Å². The van der Waals surface area contributed by atoms with Crippen LogP contribution in [-0.4, -0.2) is 12.1 Å². The molecule has 2 heteroatoms. The topological polar surface area (TPSA) is 26.3 Å². The molecule has 0 aromatic rings. The molecule has 0 aromatic heterocycles. The van der Waals surface area contributed by atoms with E-state index >= 15 is 0 Å². The third-order valence-corrected chi connectivity index (χ3v) is 1.93. The minimum Gasteiger partial charge on any atom is -0.462 e. The Morgan fingerprint density at radius 1 is 1.78 bits per heavy atom. The van der Waals surface area contributed by atoms with Gasteiger partial charge in [-0.2, -0.15) is 0 Å². The minimum absolute atomic E-state index is 0.0330. The molecule has 0 unspecified atom stereocenters. The first kappa shape index (κ1) is 6.59. The molecule has 2 atom stereocenters. The van der Waals surface area contributed by atoms with Crippen LogP contribution < -0.4 is 0 Å². The number of esters is 1. The molecule has 0 amide bonds. The van der Waals surface area contributed by atoms with Crippen molar-refractivity contribution in [3.63, 3.8) is 0 Å². The molecule has 1 saturated heterocycles. The number of ether oxygens (including phenoxy) is 1. The summed E-state index contributed by atoms with van der Waals surface area (Å²) in [4.78, 5) is 10.6. The fourth-order valence-corrected chi connectivity index (χ4v) is 1.21. The molecule has 0 aromatic carbocycles. The highest BCUT2D eigenvalue weighted by Gasteiger charge is 2.29. The molecule has 1 aliphatic rings. The molecule has 0 saturated carbocycles. The van der Waals surface area contributed by atoms with Gasteiger partial charge in [-0.15, -0.1) is 0 Å². The third kappa shape index (κ3) is 1.23. The number of hydrogen-bond acceptors (Lipinski definition) is 2. The van der Waals surface area contributed by atoms with Crippen LogP contribution in [0.15, 0.2) is 0 Å². The number of rotatable bonds is 1. The van der Waals surface area contributed by atoms with Crippen LogP contribution in [0.4, 0.5) is 0 Å². The fourth-order valence-electron chi connectivity index (χ4n) is 1.21. The Bertz CT molecular complexity index is 120. The average Bonchev–Trinajstić information content (AvgIpc) is 2.10. The Morgan fingerprint density at radius 3 is 2.67 bits per heavy atom. The summed E-state index contributed by atoms with van der Waals surface area (Å²) in [6.45, 7) is 4.04. The van der Waals surface area contributed by atoms with Crippen molar-refractivity contribution in [3.8, 4) is 0 Å². The zero-order valence-corrected chi connectivity index (χ0v) is 5.89. The highest BCUT2D eigenvalue weighted by molar-refractivity contribution is 5.71. The summed E-state index contributed by atoms with van der Waals surface area (Å²) >= 11 is 0. The summed E-state index contributed by atoms with van der Waals surface area (Å²) in [5.41, 5.74) is 0. The van der Waals surface area contributed by atoms with Gasteiger partial charge in [0, 0.05) is 5.92 Å². The molecule has 0 bridgehead atoms. The van der Waals surface area contributed by atoms with Gasteiger partial charge in [-0.3, -0.25) is 4.79 Å². The number of carbonyl (C=O) groups excluding carboxylic acids is 1. The Kier molecular flexibility index (Phi) is 1.74. The lowest BCUT2D eigenvalue weighted by molar-refractivity contribution is -0.140. The molecule has 1 heterocycles. The summed E-state index contributed by atoms with van der Waals surface area (Å²) in [5.74, 6) is 0.437. The standard InChI is InChI=1S/C7H12O2/c1-3-6-4-7(8)9-5(6)2/h5-6H,3-4H2,1-2H3/t5-,6-/m0/s1. The molecule has 2 nitrogen and oxygen atoms in total. The quantitative estimate of drug-likeness (QED) is 0.498. The molecule has 0 spiro atoms. The van der Waals surface area contributed by atoms with E-state index in [9.17, 15) is 4.79 Å². The predicted molar refractivity (Wildman–Crippen MR) is 34.0 cm³/mol. The van der Waals surface area contributed by atoms with Crippen molar-refractivity contribution in [3.05, 3.63) is 0 Å². The first-order chi connectivity index (χ1) is 4.24. The zero-order valence-electron chi connectivity index (χ0n) is 5.89. The van der Waals surface area contributed by atoms with Crippen molar-refractivity contribution in [1.82, 2.24) is 0 Å². The molecule has 0 N–H and O–H groups in total. The maximum Gasteiger partial charge on any atom is 0.306 e. The number of hydrogen-bond donors (Lipinski definition) is 0. The Hall–Kier alpha value is -0.530. The van der Waals surface area contributed by atoms with Crippen LogP contribution in [-0.2, 0) is 9.53 Å². The maximum absolute atomic E-state index is 10.6. The average molecular weight is 128 g/mol. The van der Waals surface area contributed by atoms with E-state index in [0.29, 0.717) is 12.3 Å². The van der Waals surface area contributed by atoms with E-state index in [0.717, 1.165) is 6.42 Å². The van der Waals surface area contributed by atoms with E-state index in [1.165, 1.54) is 0 Å². The maximum atomic E-state index is 10.6. The van der Waals surface area contributed by atoms with Crippen molar-refractivity contribution in [1.29, 1.82) is 0 Å². The predicted octanol–water partition coefficient (Wildman–Crippen LogP) is 1.35. The lowest BCUT2D eigenvalue weighted by Crippen LogP contribution is -2.09. The van der Waals surface area contributed by atoms with Gasteiger partial charge in [-0.25, -0.2) is 0 Å². The first-order valence-electron chi connectivity index (χ1n) is 3.43. The van der Waals surface area contributed by atoms with E-state index in [4.69, 9.17) is 4.74 Å². The third-order valence-electron chi connectivity index (χ3n) is 1.93. The number of carbonyl (C=O) groups is 1. The van der Waals surface area contributed by atoms with Crippen molar-refractivity contribution in [2.45, 2.75) is 32.8 Å². The van der Waals surface area contributed by atoms with E-state index in [1.54, 1.807) is 0 Å². The molecule has 9 heavy (non-hydrogen) atoms. The van der Waals surface area contributed by atoms with Crippen molar-refractivity contribution in [2.75, 3.05) is 0 Å². The summed E-state index contributed by atoms with van der Waals surface area (Å²) in [6.07, 6.45) is 1.83. The smallest absolute Gasteiger partial charge is 0.306 e. The molecular formula is C7H12O2. The monoisotopic (exact) mass is 128 g/mol. The summed E-state index contributed by atoms with van der Waals surface area (Å²) in [5, 5.41) is 0. The number of cyclic esters (lactones) is 1. The first-order valence-corrected chi connectivity index (χ1v) is 3.43. The largest absolute Gasteiger partial charge is 0.462 e. The summed E-state index contributed by atoms with van der Waals surface area (Å²) < 4.78 is 4.93. The Morgan fingerprint density at radius 2 is 2.44 bits per heavy atom. The summed E-state index contributed by atoms with van der Waals surface area (Å²) in [7, 11) is 0.